The lowest BCUT2D eigenvalue weighted by Gasteiger charge is -2.37. The van der Waals surface area contributed by atoms with Gasteiger partial charge < -0.3 is 14.4 Å². The number of fused-ring (bicyclic) bond motifs is 2. The van der Waals surface area contributed by atoms with Crippen LogP contribution < -0.4 is 9.47 Å². The van der Waals surface area contributed by atoms with Crippen LogP contribution in [-0.4, -0.2) is 62.4 Å². The highest BCUT2D eigenvalue weighted by molar-refractivity contribution is 7.15. The summed E-state index contributed by atoms with van der Waals surface area (Å²) in [6.07, 6.45) is -4.92. The van der Waals surface area contributed by atoms with Gasteiger partial charge in [-0.15, -0.1) is 11.3 Å². The number of rotatable bonds is 4. The third-order valence-corrected chi connectivity index (χ3v) is 6.29. The second-order valence-corrected chi connectivity index (χ2v) is 8.83. The lowest BCUT2D eigenvalue weighted by atomic mass is 10.0. The number of thiazole rings is 1. The molecule has 5 rings (SSSR count). The quantitative estimate of drug-likeness (QED) is 0.291. The standard InChI is InChI=1S/C22H15F5N4O4S/c23-21(24)5-6-30(18(32)14-10-31-7-8-36-20(31)29-14)11-16(21)35-17-15(34-19(33)22(25,26)27)9-12-3-1-2-4-13(12)28-17/h1-4,7-10,16H,5-6,11H2. The second kappa shape index (κ2) is 8.69. The maximum atomic E-state index is 14.8. The van der Waals surface area contributed by atoms with Crippen LogP contribution >= 0.6 is 11.3 Å². The number of alkyl halides is 5. The first-order valence-corrected chi connectivity index (χ1v) is 11.3. The van der Waals surface area contributed by atoms with Gasteiger partial charge in [-0.2, -0.15) is 13.2 Å². The summed E-state index contributed by atoms with van der Waals surface area (Å²) in [4.78, 5) is 34.2. The molecule has 0 bridgehead atoms. The molecule has 1 unspecified atom stereocenters. The van der Waals surface area contributed by atoms with Crippen LogP contribution in [0.5, 0.6) is 11.6 Å². The molecule has 8 nitrogen and oxygen atoms in total. The lowest BCUT2D eigenvalue weighted by molar-refractivity contribution is -0.190. The molecule has 0 aliphatic carbocycles. The van der Waals surface area contributed by atoms with Crippen LogP contribution in [0.25, 0.3) is 15.9 Å². The number of nitrogens with zero attached hydrogens (tertiary/aromatic N) is 4. The van der Waals surface area contributed by atoms with E-state index in [0.29, 0.717) is 10.3 Å². The first-order valence-electron chi connectivity index (χ1n) is 10.5. The minimum absolute atomic E-state index is 0.0504. The lowest BCUT2D eigenvalue weighted by Crippen LogP contribution is -2.55. The molecule has 1 amide bonds. The van der Waals surface area contributed by atoms with Crippen LogP contribution in [0.1, 0.15) is 16.9 Å². The average molecular weight is 526 g/mol. The van der Waals surface area contributed by atoms with Gasteiger partial charge in [0.2, 0.25) is 0 Å². The molecule has 4 aromatic rings. The van der Waals surface area contributed by atoms with Crippen molar-refractivity contribution in [3.05, 3.63) is 53.8 Å². The van der Waals surface area contributed by atoms with Gasteiger partial charge in [0.15, 0.2) is 16.8 Å². The van der Waals surface area contributed by atoms with E-state index in [0.717, 1.165) is 11.0 Å². The number of aromatic nitrogens is 3. The van der Waals surface area contributed by atoms with E-state index in [4.69, 9.17) is 4.74 Å². The third-order valence-electron chi connectivity index (χ3n) is 5.52. The fourth-order valence-electron chi connectivity index (χ4n) is 3.70. The number of carbonyl (C=O) groups excluding carboxylic acids is 2. The van der Waals surface area contributed by atoms with Crippen molar-refractivity contribution in [2.75, 3.05) is 13.1 Å². The van der Waals surface area contributed by atoms with Crippen molar-refractivity contribution in [2.45, 2.75) is 24.6 Å². The van der Waals surface area contributed by atoms with E-state index in [9.17, 15) is 31.5 Å². The Hall–Kier alpha value is -3.81. The molecule has 188 valence electrons. The largest absolute Gasteiger partial charge is 0.491 e. The van der Waals surface area contributed by atoms with E-state index in [1.54, 1.807) is 28.1 Å². The number of ether oxygens (including phenoxy) is 2. The molecule has 0 radical (unpaired) electrons. The Morgan fingerprint density at radius 3 is 2.69 bits per heavy atom. The van der Waals surface area contributed by atoms with Gasteiger partial charge in [0.25, 0.3) is 17.7 Å². The maximum absolute atomic E-state index is 14.8. The topological polar surface area (TPSA) is 86.0 Å². The number of likely N-dealkylation sites (tertiary alicyclic amines) is 1. The zero-order valence-electron chi connectivity index (χ0n) is 18.0. The van der Waals surface area contributed by atoms with Crippen LogP contribution in [0.3, 0.4) is 0 Å². The molecule has 4 heterocycles. The molecule has 1 aliphatic heterocycles. The summed E-state index contributed by atoms with van der Waals surface area (Å²) in [6, 6.07) is 7.16. The molecule has 0 spiro atoms. The number of piperidine rings is 1. The van der Waals surface area contributed by atoms with Crippen LogP contribution in [0, 0.1) is 0 Å². The molecule has 3 aromatic heterocycles. The van der Waals surface area contributed by atoms with E-state index in [1.807, 2.05) is 0 Å². The zero-order valence-corrected chi connectivity index (χ0v) is 18.9. The summed E-state index contributed by atoms with van der Waals surface area (Å²) in [5.41, 5.74) is 0.263. The van der Waals surface area contributed by atoms with E-state index >= 15 is 0 Å². The van der Waals surface area contributed by atoms with Crippen molar-refractivity contribution < 1.29 is 41.0 Å². The number of para-hydroxylation sites is 1. The van der Waals surface area contributed by atoms with Crippen molar-refractivity contribution in [3.63, 3.8) is 0 Å². The minimum Gasteiger partial charge on any atom is -0.463 e. The highest BCUT2D eigenvalue weighted by atomic mass is 32.1. The Labute approximate surface area is 202 Å². The van der Waals surface area contributed by atoms with Crippen molar-refractivity contribution in [1.29, 1.82) is 0 Å². The van der Waals surface area contributed by atoms with Gasteiger partial charge >= 0.3 is 12.1 Å². The van der Waals surface area contributed by atoms with E-state index < -0.39 is 54.7 Å². The number of carbonyl (C=O) groups is 2. The second-order valence-electron chi connectivity index (χ2n) is 7.96. The summed E-state index contributed by atoms with van der Waals surface area (Å²) in [5, 5.41) is 2.06. The van der Waals surface area contributed by atoms with Gasteiger partial charge in [-0.3, -0.25) is 9.20 Å². The van der Waals surface area contributed by atoms with Gasteiger partial charge in [-0.05, 0) is 12.1 Å². The maximum Gasteiger partial charge on any atom is 0.491 e. The number of amides is 1. The highest BCUT2D eigenvalue weighted by Crippen LogP contribution is 2.37. The third kappa shape index (κ3) is 4.55. The van der Waals surface area contributed by atoms with Crippen molar-refractivity contribution in [2.24, 2.45) is 0 Å². The number of hydrogen-bond acceptors (Lipinski definition) is 7. The molecule has 1 aromatic carbocycles. The SMILES string of the molecule is O=C(c1cn2ccsc2n1)N1CCC(F)(F)C(Oc2nc3ccccc3cc2OC(=O)C(F)(F)F)C1. The van der Waals surface area contributed by atoms with Crippen molar-refractivity contribution >= 4 is 39.1 Å². The number of esters is 1. The first-order chi connectivity index (χ1) is 17.0. The molecule has 14 heteroatoms. The van der Waals surface area contributed by atoms with Gasteiger partial charge in [0.05, 0.1) is 12.1 Å². The fraction of sp³-hybridized carbons (Fsp3) is 0.273. The van der Waals surface area contributed by atoms with Crippen LogP contribution in [0.2, 0.25) is 0 Å². The summed E-state index contributed by atoms with van der Waals surface area (Å²) in [6.45, 7) is -0.893. The Balaban J connectivity index is 1.44. The molecule has 1 saturated heterocycles. The Kier molecular flexibility index (Phi) is 5.77. The highest BCUT2D eigenvalue weighted by Gasteiger charge is 2.48. The molecule has 36 heavy (non-hydrogen) atoms. The Morgan fingerprint density at radius 1 is 1.17 bits per heavy atom. The normalized spacial score (nSPS) is 17.9. The van der Waals surface area contributed by atoms with Crippen molar-refractivity contribution in [1.82, 2.24) is 19.3 Å². The van der Waals surface area contributed by atoms with Gasteiger partial charge in [0.1, 0.15) is 5.69 Å². The molecule has 1 aliphatic rings. The fourth-order valence-corrected chi connectivity index (χ4v) is 4.40. The average Bonchev–Trinajstić information content (AvgIpc) is 3.42. The number of pyridine rings is 1. The van der Waals surface area contributed by atoms with E-state index in [1.165, 1.54) is 29.7 Å². The number of halogens is 5. The van der Waals surface area contributed by atoms with Gasteiger partial charge in [0, 0.05) is 36.1 Å². The number of benzene rings is 1. The molecule has 1 fully saturated rings. The first kappa shape index (κ1) is 23.9. The monoisotopic (exact) mass is 526 g/mol. The molecular formula is C22H15F5N4O4S. The molecular weight excluding hydrogens is 511 g/mol. The van der Waals surface area contributed by atoms with Crippen LogP contribution in [0.15, 0.2) is 48.1 Å². The smallest absolute Gasteiger partial charge is 0.463 e. The summed E-state index contributed by atoms with van der Waals surface area (Å²) < 4.78 is 79.4. The Morgan fingerprint density at radius 2 is 1.94 bits per heavy atom. The van der Waals surface area contributed by atoms with Crippen LogP contribution in [0.4, 0.5) is 22.0 Å². The summed E-state index contributed by atoms with van der Waals surface area (Å²) in [5.74, 6) is -8.12. The van der Waals surface area contributed by atoms with E-state index in [-0.39, 0.29) is 17.8 Å². The number of hydrogen-bond donors (Lipinski definition) is 0. The zero-order chi connectivity index (χ0) is 25.7. The van der Waals surface area contributed by atoms with Gasteiger partial charge in [-0.1, -0.05) is 18.2 Å². The predicted octanol–water partition coefficient (Wildman–Crippen LogP) is 4.34. The minimum atomic E-state index is -5.33. The molecule has 1 atom stereocenters. The molecule has 0 saturated carbocycles. The predicted molar refractivity (Wildman–Crippen MR) is 116 cm³/mol. The Bertz CT molecular complexity index is 1440. The van der Waals surface area contributed by atoms with Gasteiger partial charge in [-0.25, -0.2) is 23.5 Å². The molecule has 0 N–H and O–H groups in total. The van der Waals surface area contributed by atoms with E-state index in [2.05, 4.69) is 14.7 Å². The van der Waals surface area contributed by atoms with Crippen LogP contribution in [-0.2, 0) is 4.79 Å². The van der Waals surface area contributed by atoms with Crippen molar-refractivity contribution in [3.8, 4) is 11.6 Å². The summed E-state index contributed by atoms with van der Waals surface area (Å²) in [7, 11) is 0. The summed E-state index contributed by atoms with van der Waals surface area (Å²) >= 11 is 1.29. The number of imidazole rings is 1.